The highest BCUT2D eigenvalue weighted by molar-refractivity contribution is 5.91. The Morgan fingerprint density at radius 3 is 3.04 bits per heavy atom. The first-order chi connectivity index (χ1) is 11.2. The number of hydrogen-bond acceptors (Lipinski definition) is 3. The zero-order valence-corrected chi connectivity index (χ0v) is 12.9. The van der Waals surface area contributed by atoms with E-state index < -0.39 is 0 Å². The fourth-order valence-electron chi connectivity index (χ4n) is 3.14. The van der Waals surface area contributed by atoms with E-state index in [1.54, 1.807) is 18.6 Å². The van der Waals surface area contributed by atoms with Crippen LogP contribution in [0.3, 0.4) is 0 Å². The summed E-state index contributed by atoms with van der Waals surface area (Å²) in [6, 6.07) is 7.75. The molecule has 0 fully saturated rings. The second-order valence-electron chi connectivity index (χ2n) is 5.80. The van der Waals surface area contributed by atoms with Crippen LogP contribution in [-0.4, -0.2) is 31.5 Å². The number of nitrogens with zero attached hydrogens (tertiary/aromatic N) is 4. The van der Waals surface area contributed by atoms with Crippen LogP contribution in [0.5, 0.6) is 0 Å². The average Bonchev–Trinajstić information content (AvgIpc) is 3.29. The van der Waals surface area contributed by atoms with Crippen LogP contribution in [0.1, 0.15) is 35.0 Å². The number of fused-ring (bicyclic) bond motifs is 1. The lowest BCUT2D eigenvalue weighted by Crippen LogP contribution is -2.40. The van der Waals surface area contributed by atoms with Crippen LogP contribution >= 0.6 is 0 Å². The van der Waals surface area contributed by atoms with E-state index in [4.69, 9.17) is 4.42 Å². The Balaban J connectivity index is 1.52. The summed E-state index contributed by atoms with van der Waals surface area (Å²) in [6.45, 7) is 4.14. The van der Waals surface area contributed by atoms with E-state index in [1.807, 2.05) is 27.8 Å². The molecule has 3 aromatic rings. The summed E-state index contributed by atoms with van der Waals surface area (Å²) >= 11 is 0. The molecule has 1 aliphatic rings. The molecule has 0 bridgehead atoms. The minimum atomic E-state index is -0.0539. The highest BCUT2D eigenvalue weighted by Crippen LogP contribution is 2.27. The standard InChI is InChI=1S/C17H18N4O2/c1-13-15-3-2-7-20(15)9-10-21(13)17(22)16-5-4-14(23-16)11-19-8-6-18-12-19/h2-8,12-13H,9-11H2,1H3/t13-/m1/s1. The van der Waals surface area contributed by atoms with Crippen molar-refractivity contribution in [2.24, 2.45) is 0 Å². The Morgan fingerprint density at radius 2 is 2.22 bits per heavy atom. The van der Waals surface area contributed by atoms with E-state index in [2.05, 4.69) is 28.7 Å². The van der Waals surface area contributed by atoms with Crippen molar-refractivity contribution >= 4 is 5.91 Å². The first-order valence-corrected chi connectivity index (χ1v) is 7.73. The van der Waals surface area contributed by atoms with Gasteiger partial charge in [-0.25, -0.2) is 4.98 Å². The van der Waals surface area contributed by atoms with Crippen molar-refractivity contribution in [1.82, 2.24) is 19.0 Å². The highest BCUT2D eigenvalue weighted by atomic mass is 16.4. The molecule has 4 heterocycles. The van der Waals surface area contributed by atoms with Gasteiger partial charge in [0, 0.05) is 37.4 Å². The summed E-state index contributed by atoms with van der Waals surface area (Å²) in [5, 5.41) is 0. The number of aromatic nitrogens is 3. The summed E-state index contributed by atoms with van der Waals surface area (Å²) < 4.78 is 9.84. The number of hydrogen-bond donors (Lipinski definition) is 0. The third-order valence-electron chi connectivity index (χ3n) is 4.37. The maximum absolute atomic E-state index is 12.8. The lowest BCUT2D eigenvalue weighted by atomic mass is 10.1. The molecule has 1 aliphatic heterocycles. The third-order valence-corrected chi connectivity index (χ3v) is 4.37. The van der Waals surface area contributed by atoms with Gasteiger partial charge in [0.05, 0.1) is 18.9 Å². The molecule has 0 saturated heterocycles. The maximum Gasteiger partial charge on any atom is 0.290 e. The van der Waals surface area contributed by atoms with Gasteiger partial charge in [-0.15, -0.1) is 0 Å². The SMILES string of the molecule is C[C@@H]1c2cccn2CCN1C(=O)c1ccc(Cn2ccnc2)o1. The summed E-state index contributed by atoms with van der Waals surface area (Å²) in [6.07, 6.45) is 7.37. The Labute approximate surface area is 134 Å². The lowest BCUT2D eigenvalue weighted by molar-refractivity contribution is 0.0609. The molecule has 3 aromatic heterocycles. The number of amides is 1. The zero-order chi connectivity index (χ0) is 15.8. The molecule has 6 nitrogen and oxygen atoms in total. The average molecular weight is 310 g/mol. The summed E-state index contributed by atoms with van der Waals surface area (Å²) in [7, 11) is 0. The quantitative estimate of drug-likeness (QED) is 0.747. The zero-order valence-electron chi connectivity index (χ0n) is 12.9. The minimum Gasteiger partial charge on any atom is -0.454 e. The van der Waals surface area contributed by atoms with E-state index in [0.29, 0.717) is 18.8 Å². The van der Waals surface area contributed by atoms with Crippen LogP contribution in [0.4, 0.5) is 0 Å². The smallest absolute Gasteiger partial charge is 0.290 e. The van der Waals surface area contributed by atoms with E-state index in [1.165, 1.54) is 0 Å². The molecule has 118 valence electrons. The van der Waals surface area contributed by atoms with E-state index in [-0.39, 0.29) is 11.9 Å². The van der Waals surface area contributed by atoms with Crippen molar-refractivity contribution in [2.45, 2.75) is 26.1 Å². The molecule has 0 radical (unpaired) electrons. The second-order valence-corrected chi connectivity index (χ2v) is 5.80. The highest BCUT2D eigenvalue weighted by Gasteiger charge is 2.29. The van der Waals surface area contributed by atoms with Crippen LogP contribution in [0.15, 0.2) is 53.6 Å². The van der Waals surface area contributed by atoms with Crippen LogP contribution in [0, 0.1) is 0 Å². The molecule has 0 aromatic carbocycles. The summed E-state index contributed by atoms with van der Waals surface area (Å²) in [5.74, 6) is 1.09. The minimum absolute atomic E-state index is 0.0495. The van der Waals surface area contributed by atoms with Gasteiger partial charge in [0.1, 0.15) is 5.76 Å². The van der Waals surface area contributed by atoms with Gasteiger partial charge in [-0.05, 0) is 31.2 Å². The van der Waals surface area contributed by atoms with Crippen LogP contribution < -0.4 is 0 Å². The fraction of sp³-hybridized carbons (Fsp3) is 0.294. The molecule has 4 rings (SSSR count). The van der Waals surface area contributed by atoms with Crippen molar-refractivity contribution in [2.75, 3.05) is 6.54 Å². The first-order valence-electron chi connectivity index (χ1n) is 7.73. The van der Waals surface area contributed by atoms with Gasteiger partial charge < -0.3 is 18.5 Å². The van der Waals surface area contributed by atoms with Crippen molar-refractivity contribution in [3.63, 3.8) is 0 Å². The molecular formula is C17H18N4O2. The molecule has 0 aliphatic carbocycles. The Bertz CT molecular complexity index is 815. The molecule has 6 heteroatoms. The van der Waals surface area contributed by atoms with Gasteiger partial charge >= 0.3 is 0 Å². The van der Waals surface area contributed by atoms with Crippen molar-refractivity contribution in [3.05, 3.63) is 66.4 Å². The summed E-state index contributed by atoms with van der Waals surface area (Å²) in [5.41, 5.74) is 1.16. The topological polar surface area (TPSA) is 56.2 Å². The van der Waals surface area contributed by atoms with Gasteiger partial charge in [0.25, 0.3) is 5.91 Å². The van der Waals surface area contributed by atoms with Gasteiger partial charge in [0.2, 0.25) is 0 Å². The second kappa shape index (κ2) is 5.46. The molecule has 0 unspecified atom stereocenters. The molecular weight excluding hydrogens is 292 g/mol. The normalized spacial score (nSPS) is 17.3. The summed E-state index contributed by atoms with van der Waals surface area (Å²) in [4.78, 5) is 18.6. The molecule has 1 atom stereocenters. The van der Waals surface area contributed by atoms with Gasteiger partial charge in [0.15, 0.2) is 5.76 Å². The van der Waals surface area contributed by atoms with Gasteiger partial charge in [-0.3, -0.25) is 4.79 Å². The van der Waals surface area contributed by atoms with Crippen LogP contribution in [0.2, 0.25) is 0 Å². The fourth-order valence-corrected chi connectivity index (χ4v) is 3.14. The predicted molar refractivity (Wildman–Crippen MR) is 83.9 cm³/mol. The molecule has 1 amide bonds. The number of imidazole rings is 1. The number of rotatable bonds is 3. The lowest BCUT2D eigenvalue weighted by Gasteiger charge is -2.34. The molecule has 23 heavy (non-hydrogen) atoms. The van der Waals surface area contributed by atoms with Gasteiger partial charge in [-0.1, -0.05) is 0 Å². The van der Waals surface area contributed by atoms with Crippen molar-refractivity contribution in [1.29, 1.82) is 0 Å². The van der Waals surface area contributed by atoms with Crippen molar-refractivity contribution in [3.8, 4) is 0 Å². The van der Waals surface area contributed by atoms with Crippen LogP contribution in [-0.2, 0) is 13.1 Å². The largest absolute Gasteiger partial charge is 0.454 e. The molecule has 0 saturated carbocycles. The Morgan fingerprint density at radius 1 is 1.30 bits per heavy atom. The van der Waals surface area contributed by atoms with Gasteiger partial charge in [-0.2, -0.15) is 0 Å². The number of carbonyl (C=O) groups is 1. The Kier molecular flexibility index (Phi) is 3.29. The van der Waals surface area contributed by atoms with E-state index in [9.17, 15) is 4.79 Å². The van der Waals surface area contributed by atoms with Crippen molar-refractivity contribution < 1.29 is 9.21 Å². The molecule has 0 N–H and O–H groups in total. The monoisotopic (exact) mass is 310 g/mol. The Hall–Kier alpha value is -2.76. The first kappa shape index (κ1) is 13.9. The van der Waals surface area contributed by atoms with Crippen LogP contribution in [0.25, 0.3) is 0 Å². The third kappa shape index (κ3) is 2.46. The number of carbonyl (C=O) groups excluding carboxylic acids is 1. The van der Waals surface area contributed by atoms with E-state index in [0.717, 1.165) is 18.0 Å². The number of furan rings is 1. The predicted octanol–water partition coefficient (Wildman–Crippen LogP) is 2.54. The molecule has 0 spiro atoms. The van der Waals surface area contributed by atoms with E-state index >= 15 is 0 Å². The maximum atomic E-state index is 12.8.